The van der Waals surface area contributed by atoms with Crippen LogP contribution < -0.4 is 5.32 Å². The molecule has 0 saturated carbocycles. The molecule has 0 radical (unpaired) electrons. The summed E-state index contributed by atoms with van der Waals surface area (Å²) in [7, 11) is 0. The minimum absolute atomic E-state index is 0.0305. The largest absolute Gasteiger partial charge is 0.395 e. The van der Waals surface area contributed by atoms with Crippen molar-refractivity contribution in [1.82, 2.24) is 14.9 Å². The molecule has 3 N–H and O–H groups in total. The maximum absolute atomic E-state index is 10.1. The molecule has 114 valence electrons. The van der Waals surface area contributed by atoms with Crippen LogP contribution in [0.15, 0.2) is 30.5 Å². The van der Waals surface area contributed by atoms with Crippen LogP contribution >= 0.6 is 0 Å². The molecule has 0 spiro atoms. The van der Waals surface area contributed by atoms with Crippen molar-refractivity contribution in [2.75, 3.05) is 13.2 Å². The van der Waals surface area contributed by atoms with Gasteiger partial charge in [0, 0.05) is 35.7 Å². The Labute approximate surface area is 125 Å². The van der Waals surface area contributed by atoms with E-state index in [1.54, 1.807) is 6.20 Å². The lowest BCUT2D eigenvalue weighted by atomic mass is 10.1. The van der Waals surface area contributed by atoms with Gasteiger partial charge in [-0.05, 0) is 39.0 Å². The van der Waals surface area contributed by atoms with Crippen LogP contribution in [0.5, 0.6) is 0 Å². The highest BCUT2D eigenvalue weighted by Crippen LogP contribution is 2.17. The second-order valence-corrected chi connectivity index (χ2v) is 5.41. The highest BCUT2D eigenvalue weighted by atomic mass is 16.3. The molecule has 0 aliphatic heterocycles. The van der Waals surface area contributed by atoms with Gasteiger partial charge in [0.05, 0.1) is 12.7 Å². The van der Waals surface area contributed by atoms with E-state index in [0.717, 1.165) is 22.8 Å². The average Bonchev–Trinajstić information content (AvgIpc) is 2.83. The smallest absolute Gasteiger partial charge is 0.136 e. The molecule has 2 atom stereocenters. The molecule has 21 heavy (non-hydrogen) atoms. The zero-order chi connectivity index (χ0) is 15.4. The van der Waals surface area contributed by atoms with Gasteiger partial charge in [-0.15, -0.1) is 0 Å². The minimum atomic E-state index is -0.632. The molecule has 2 heterocycles. The second-order valence-electron chi connectivity index (χ2n) is 5.41. The first-order valence-corrected chi connectivity index (χ1v) is 7.16. The first-order chi connectivity index (χ1) is 10.0. The van der Waals surface area contributed by atoms with E-state index in [9.17, 15) is 5.11 Å². The Morgan fingerprint density at radius 3 is 2.38 bits per heavy atom. The third kappa shape index (κ3) is 3.69. The minimum Gasteiger partial charge on any atom is -0.395 e. The lowest BCUT2D eigenvalue weighted by Crippen LogP contribution is -2.32. The van der Waals surface area contributed by atoms with Crippen molar-refractivity contribution >= 4 is 0 Å². The van der Waals surface area contributed by atoms with Gasteiger partial charge in [-0.3, -0.25) is 0 Å². The molecule has 0 fully saturated rings. The van der Waals surface area contributed by atoms with Gasteiger partial charge >= 0.3 is 0 Å². The van der Waals surface area contributed by atoms with Gasteiger partial charge in [-0.2, -0.15) is 0 Å². The fraction of sp³-hybridized carbons (Fsp3) is 0.438. The number of aliphatic hydroxyl groups excluding tert-OH is 2. The number of hydrogen-bond donors (Lipinski definition) is 3. The molecule has 5 heteroatoms. The summed E-state index contributed by atoms with van der Waals surface area (Å²) in [5, 5.41) is 22.1. The van der Waals surface area contributed by atoms with Crippen molar-refractivity contribution in [3.8, 4) is 5.82 Å². The fourth-order valence-corrected chi connectivity index (χ4v) is 2.25. The molecular weight excluding hydrogens is 266 g/mol. The maximum Gasteiger partial charge on any atom is 0.136 e. The second kappa shape index (κ2) is 6.85. The number of nitrogens with zero attached hydrogens (tertiary/aromatic N) is 2. The molecule has 0 saturated heterocycles. The molecule has 0 unspecified atom stereocenters. The predicted molar refractivity (Wildman–Crippen MR) is 82.5 cm³/mol. The van der Waals surface area contributed by atoms with Crippen molar-refractivity contribution in [2.45, 2.75) is 32.9 Å². The molecule has 5 nitrogen and oxygen atoms in total. The first-order valence-electron chi connectivity index (χ1n) is 7.16. The average molecular weight is 289 g/mol. The van der Waals surface area contributed by atoms with Crippen molar-refractivity contribution < 1.29 is 10.2 Å². The molecule has 0 bridgehead atoms. The first kappa shape index (κ1) is 15.7. The van der Waals surface area contributed by atoms with Crippen LogP contribution in [0.3, 0.4) is 0 Å². The highest BCUT2D eigenvalue weighted by Gasteiger charge is 2.11. The number of rotatable bonds is 6. The summed E-state index contributed by atoms with van der Waals surface area (Å²) in [5.74, 6) is 0.850. The van der Waals surface area contributed by atoms with Crippen molar-refractivity contribution in [2.24, 2.45) is 0 Å². The van der Waals surface area contributed by atoms with Crippen LogP contribution in [0.25, 0.3) is 5.82 Å². The lowest BCUT2D eigenvalue weighted by Gasteiger charge is -2.16. The van der Waals surface area contributed by atoms with Gasteiger partial charge in [0.1, 0.15) is 5.82 Å². The molecule has 0 aliphatic carbocycles. The monoisotopic (exact) mass is 289 g/mol. The Morgan fingerprint density at radius 1 is 1.19 bits per heavy atom. The van der Waals surface area contributed by atoms with Crippen LogP contribution in [-0.4, -0.2) is 39.0 Å². The molecule has 2 aromatic heterocycles. The van der Waals surface area contributed by atoms with Gasteiger partial charge in [0.15, 0.2) is 0 Å². The Hall–Kier alpha value is -1.69. The summed E-state index contributed by atoms with van der Waals surface area (Å²) in [6.07, 6.45) is 1.07. The molecule has 0 amide bonds. The summed E-state index contributed by atoms with van der Waals surface area (Å²) >= 11 is 0. The molecule has 2 aromatic rings. The summed E-state index contributed by atoms with van der Waals surface area (Å²) in [5.41, 5.74) is 3.03. The van der Waals surface area contributed by atoms with E-state index in [4.69, 9.17) is 5.11 Å². The van der Waals surface area contributed by atoms with E-state index in [1.807, 2.05) is 32.9 Å². The Balaban J connectivity index is 2.08. The third-order valence-electron chi connectivity index (χ3n) is 3.59. The Morgan fingerprint density at radius 2 is 1.86 bits per heavy atom. The summed E-state index contributed by atoms with van der Waals surface area (Å²) < 4.78 is 2.07. The topological polar surface area (TPSA) is 70.3 Å². The SMILES string of the molecule is Cc1ccc(C)n1-c1ccc([C@H](O)CN[C@@H](C)CO)cn1. The maximum atomic E-state index is 10.1. The van der Waals surface area contributed by atoms with E-state index in [2.05, 4.69) is 27.0 Å². The zero-order valence-electron chi connectivity index (χ0n) is 12.7. The number of nitrogens with one attached hydrogen (secondary N) is 1. The number of aliphatic hydroxyl groups is 2. The van der Waals surface area contributed by atoms with Crippen molar-refractivity contribution in [1.29, 1.82) is 0 Å². The fourth-order valence-electron chi connectivity index (χ4n) is 2.25. The van der Waals surface area contributed by atoms with Gasteiger partial charge in [-0.25, -0.2) is 4.98 Å². The van der Waals surface area contributed by atoms with Crippen LogP contribution in [0, 0.1) is 13.8 Å². The quantitative estimate of drug-likeness (QED) is 0.753. The van der Waals surface area contributed by atoms with E-state index in [1.165, 1.54) is 0 Å². The number of pyridine rings is 1. The summed E-state index contributed by atoms with van der Waals surface area (Å²) in [6, 6.07) is 7.88. The zero-order valence-corrected chi connectivity index (χ0v) is 12.7. The molecular formula is C16H23N3O2. The standard InChI is InChI=1S/C16H23N3O2/c1-11(10-20)17-9-15(21)14-6-7-16(18-8-14)19-12(2)4-5-13(19)3/h4-8,11,15,17,20-21H,9-10H2,1-3H3/t11-,15+/m0/s1. The van der Waals surface area contributed by atoms with Crippen LogP contribution in [0.1, 0.15) is 30.0 Å². The van der Waals surface area contributed by atoms with Crippen molar-refractivity contribution in [3.63, 3.8) is 0 Å². The number of aromatic nitrogens is 2. The van der Waals surface area contributed by atoms with Crippen LogP contribution in [0.2, 0.25) is 0 Å². The van der Waals surface area contributed by atoms with E-state index >= 15 is 0 Å². The lowest BCUT2D eigenvalue weighted by molar-refractivity contribution is 0.161. The van der Waals surface area contributed by atoms with Crippen LogP contribution in [-0.2, 0) is 0 Å². The predicted octanol–water partition coefficient (Wildman–Crippen LogP) is 1.49. The van der Waals surface area contributed by atoms with E-state index in [-0.39, 0.29) is 12.6 Å². The molecule has 0 aliphatic rings. The Kier molecular flexibility index (Phi) is 5.12. The van der Waals surface area contributed by atoms with Gasteiger partial charge in [0.2, 0.25) is 0 Å². The number of hydrogen-bond acceptors (Lipinski definition) is 4. The molecule has 2 rings (SSSR count). The molecule has 0 aromatic carbocycles. The van der Waals surface area contributed by atoms with Crippen LogP contribution in [0.4, 0.5) is 0 Å². The summed E-state index contributed by atoms with van der Waals surface area (Å²) in [6.45, 7) is 6.39. The third-order valence-corrected chi connectivity index (χ3v) is 3.59. The number of aryl methyl sites for hydroxylation is 2. The van der Waals surface area contributed by atoms with Crippen molar-refractivity contribution in [3.05, 3.63) is 47.4 Å². The van der Waals surface area contributed by atoms with Gasteiger partial charge in [-0.1, -0.05) is 6.07 Å². The van der Waals surface area contributed by atoms with Gasteiger partial charge < -0.3 is 20.1 Å². The van der Waals surface area contributed by atoms with E-state index in [0.29, 0.717) is 6.54 Å². The highest BCUT2D eigenvalue weighted by molar-refractivity contribution is 5.33. The summed E-state index contributed by atoms with van der Waals surface area (Å²) in [4.78, 5) is 4.44. The van der Waals surface area contributed by atoms with Gasteiger partial charge in [0.25, 0.3) is 0 Å². The van der Waals surface area contributed by atoms with E-state index < -0.39 is 6.10 Å². The Bertz CT molecular complexity index is 558. The normalized spacial score (nSPS) is 14.1.